The third kappa shape index (κ3) is 4.00. The number of nitrogens with zero attached hydrogens (tertiary/aromatic N) is 1. The molecule has 0 bridgehead atoms. The van der Waals surface area contributed by atoms with Crippen molar-refractivity contribution >= 4 is 32.8 Å². The fourth-order valence-corrected chi connectivity index (χ4v) is 1.94. The molecule has 0 aliphatic heterocycles. The summed E-state index contributed by atoms with van der Waals surface area (Å²) in [4.78, 5) is 14.5. The summed E-state index contributed by atoms with van der Waals surface area (Å²) < 4.78 is 65.4. The maximum atomic E-state index is 12.8. The van der Waals surface area contributed by atoms with E-state index in [2.05, 4.69) is 25.7 Å². The summed E-state index contributed by atoms with van der Waals surface area (Å²) in [7, 11) is 0. The topological polar surface area (TPSA) is 39.2 Å². The van der Waals surface area contributed by atoms with E-state index in [1.165, 1.54) is 0 Å². The second-order valence-electron chi connectivity index (χ2n) is 3.11. The standard InChI is InChI=1S/C9H4BrClF5NO2/c10-1-3-5(8(12)13)6(7(11)18)4(2-17-3)19-9(14,15)16/h2,8H,1H2. The molecule has 1 heterocycles. The number of rotatable bonds is 4. The minimum Gasteiger partial charge on any atom is -0.403 e. The molecule has 19 heavy (non-hydrogen) atoms. The van der Waals surface area contributed by atoms with Crippen LogP contribution >= 0.6 is 27.5 Å². The van der Waals surface area contributed by atoms with Gasteiger partial charge in [-0.1, -0.05) is 15.9 Å². The first kappa shape index (κ1) is 16.1. The molecule has 0 amide bonds. The molecule has 10 heteroatoms. The number of alkyl halides is 6. The van der Waals surface area contributed by atoms with E-state index in [0.717, 1.165) is 0 Å². The van der Waals surface area contributed by atoms with Gasteiger partial charge in [-0.25, -0.2) is 8.78 Å². The molecule has 0 atom stereocenters. The summed E-state index contributed by atoms with van der Waals surface area (Å²) in [6.07, 6.45) is -7.86. The average Bonchev–Trinajstić information content (AvgIpc) is 2.25. The molecule has 0 spiro atoms. The second kappa shape index (κ2) is 6.00. The summed E-state index contributed by atoms with van der Waals surface area (Å²) in [5.74, 6) is -1.16. The van der Waals surface area contributed by atoms with Gasteiger partial charge in [-0.15, -0.1) is 13.2 Å². The number of pyridine rings is 1. The zero-order chi connectivity index (χ0) is 14.8. The normalized spacial score (nSPS) is 11.8. The molecule has 3 nitrogen and oxygen atoms in total. The van der Waals surface area contributed by atoms with Crippen molar-refractivity contribution in [3.05, 3.63) is 23.0 Å². The van der Waals surface area contributed by atoms with Gasteiger partial charge < -0.3 is 4.74 Å². The van der Waals surface area contributed by atoms with E-state index in [1.807, 2.05) is 0 Å². The number of aromatic nitrogens is 1. The summed E-state index contributed by atoms with van der Waals surface area (Å²) in [6.45, 7) is 0. The van der Waals surface area contributed by atoms with Crippen LogP contribution in [0.2, 0.25) is 0 Å². The molecule has 0 N–H and O–H groups in total. The Morgan fingerprint density at radius 2 is 2.05 bits per heavy atom. The highest BCUT2D eigenvalue weighted by atomic mass is 79.9. The second-order valence-corrected chi connectivity index (χ2v) is 4.02. The minimum atomic E-state index is -5.15. The fraction of sp³-hybridized carbons (Fsp3) is 0.333. The lowest BCUT2D eigenvalue weighted by molar-refractivity contribution is -0.274. The number of carbonyl (C=O) groups excluding carboxylic acids is 1. The van der Waals surface area contributed by atoms with E-state index in [4.69, 9.17) is 11.6 Å². The van der Waals surface area contributed by atoms with Crippen LogP contribution in [0.3, 0.4) is 0 Å². The van der Waals surface area contributed by atoms with Crippen molar-refractivity contribution in [1.82, 2.24) is 4.98 Å². The minimum absolute atomic E-state index is 0.184. The predicted molar refractivity (Wildman–Crippen MR) is 58.7 cm³/mol. The van der Waals surface area contributed by atoms with E-state index in [0.29, 0.717) is 6.20 Å². The van der Waals surface area contributed by atoms with E-state index in [1.54, 1.807) is 0 Å². The Morgan fingerprint density at radius 3 is 2.42 bits per heavy atom. The van der Waals surface area contributed by atoms with E-state index in [9.17, 15) is 26.7 Å². The van der Waals surface area contributed by atoms with Gasteiger partial charge in [0.15, 0.2) is 5.75 Å². The van der Waals surface area contributed by atoms with Gasteiger partial charge >= 0.3 is 6.36 Å². The molecule has 0 fully saturated rings. The number of hydrogen-bond donors (Lipinski definition) is 0. The Labute approximate surface area is 116 Å². The third-order valence-electron chi connectivity index (χ3n) is 1.93. The van der Waals surface area contributed by atoms with Crippen LogP contribution in [0.4, 0.5) is 22.0 Å². The van der Waals surface area contributed by atoms with Crippen LogP contribution in [-0.4, -0.2) is 16.6 Å². The van der Waals surface area contributed by atoms with Crippen molar-refractivity contribution in [3.8, 4) is 5.75 Å². The molecule has 0 unspecified atom stereocenters. The van der Waals surface area contributed by atoms with Gasteiger partial charge in [-0.2, -0.15) is 0 Å². The Balaban J connectivity index is 3.49. The maximum Gasteiger partial charge on any atom is 0.573 e. The Morgan fingerprint density at radius 1 is 1.47 bits per heavy atom. The SMILES string of the molecule is O=C(Cl)c1c(OC(F)(F)F)cnc(CBr)c1C(F)F. The lowest BCUT2D eigenvalue weighted by Crippen LogP contribution is -2.20. The van der Waals surface area contributed by atoms with Gasteiger partial charge in [0.25, 0.3) is 11.7 Å². The fourth-order valence-electron chi connectivity index (χ4n) is 1.29. The molecule has 0 radical (unpaired) electrons. The molecule has 0 aliphatic carbocycles. The van der Waals surface area contributed by atoms with Crippen molar-refractivity contribution in [2.45, 2.75) is 18.1 Å². The van der Waals surface area contributed by atoms with E-state index in [-0.39, 0.29) is 11.0 Å². The highest BCUT2D eigenvalue weighted by Gasteiger charge is 2.35. The van der Waals surface area contributed by atoms with Crippen molar-refractivity contribution in [3.63, 3.8) is 0 Å². The monoisotopic (exact) mass is 367 g/mol. The first-order valence-electron chi connectivity index (χ1n) is 4.48. The van der Waals surface area contributed by atoms with E-state index < -0.39 is 34.9 Å². The highest BCUT2D eigenvalue weighted by molar-refractivity contribution is 9.08. The lowest BCUT2D eigenvalue weighted by Gasteiger charge is -2.15. The highest BCUT2D eigenvalue weighted by Crippen LogP contribution is 2.36. The van der Waals surface area contributed by atoms with Crippen molar-refractivity contribution in [2.24, 2.45) is 0 Å². The molecular formula is C9H4BrClF5NO2. The van der Waals surface area contributed by atoms with Crippen LogP contribution in [0.1, 0.15) is 28.0 Å². The van der Waals surface area contributed by atoms with Crippen LogP contribution in [0.25, 0.3) is 0 Å². The van der Waals surface area contributed by atoms with Gasteiger partial charge in [-0.05, 0) is 11.6 Å². The first-order valence-corrected chi connectivity index (χ1v) is 5.98. The zero-order valence-corrected chi connectivity index (χ0v) is 11.1. The van der Waals surface area contributed by atoms with Crippen molar-refractivity contribution in [2.75, 3.05) is 0 Å². The molecule has 0 aromatic carbocycles. The molecule has 0 aliphatic rings. The third-order valence-corrected chi connectivity index (χ3v) is 2.65. The Hall–Kier alpha value is -0.960. The van der Waals surface area contributed by atoms with Crippen LogP contribution in [-0.2, 0) is 5.33 Å². The molecule has 1 aromatic heterocycles. The number of carbonyl (C=O) groups is 1. The molecule has 106 valence electrons. The smallest absolute Gasteiger partial charge is 0.403 e. The van der Waals surface area contributed by atoms with Crippen LogP contribution in [0.5, 0.6) is 5.75 Å². The van der Waals surface area contributed by atoms with Gasteiger partial charge in [0.2, 0.25) is 0 Å². The molecule has 0 saturated carbocycles. The molecule has 1 aromatic rings. The van der Waals surface area contributed by atoms with Crippen LogP contribution in [0, 0.1) is 0 Å². The maximum absolute atomic E-state index is 12.8. The van der Waals surface area contributed by atoms with Gasteiger partial charge in [0, 0.05) is 5.33 Å². The van der Waals surface area contributed by atoms with E-state index >= 15 is 0 Å². The quantitative estimate of drug-likeness (QED) is 0.454. The predicted octanol–water partition coefficient (Wildman–Crippen LogP) is 4.19. The molecule has 1 rings (SSSR count). The first-order chi connectivity index (χ1) is 8.67. The summed E-state index contributed by atoms with van der Waals surface area (Å²) >= 11 is 7.89. The van der Waals surface area contributed by atoms with Crippen LogP contribution in [0.15, 0.2) is 6.20 Å². The Bertz CT molecular complexity index is 494. The summed E-state index contributed by atoms with van der Waals surface area (Å²) in [5, 5.41) is -1.67. The number of hydrogen-bond acceptors (Lipinski definition) is 3. The summed E-state index contributed by atoms with van der Waals surface area (Å²) in [5.41, 5.74) is -2.33. The van der Waals surface area contributed by atoms with Crippen molar-refractivity contribution < 1.29 is 31.5 Å². The largest absolute Gasteiger partial charge is 0.573 e. The molecule has 0 saturated heterocycles. The molecular weight excluding hydrogens is 364 g/mol. The van der Waals surface area contributed by atoms with Crippen molar-refractivity contribution in [1.29, 1.82) is 0 Å². The van der Waals surface area contributed by atoms with Crippen LogP contribution < -0.4 is 4.74 Å². The average molecular weight is 368 g/mol. The number of ether oxygens (including phenoxy) is 1. The van der Waals surface area contributed by atoms with Gasteiger partial charge in [0.1, 0.15) is 0 Å². The summed E-state index contributed by atoms with van der Waals surface area (Å²) in [6, 6.07) is 0. The Kier molecular flexibility index (Phi) is 5.08. The zero-order valence-electron chi connectivity index (χ0n) is 8.77. The lowest BCUT2D eigenvalue weighted by atomic mass is 10.1. The van der Waals surface area contributed by atoms with Gasteiger partial charge in [-0.3, -0.25) is 9.78 Å². The van der Waals surface area contributed by atoms with Gasteiger partial charge in [0.05, 0.1) is 23.0 Å². The number of halogens is 7.